The highest BCUT2D eigenvalue weighted by molar-refractivity contribution is 5.81. The number of nitrogens with two attached hydrogens (primary N) is 1. The molecule has 5 fully saturated rings. The second-order valence-corrected chi connectivity index (χ2v) is 10.2. The van der Waals surface area contributed by atoms with Crippen LogP contribution in [0.15, 0.2) is 0 Å². The lowest BCUT2D eigenvalue weighted by atomic mass is 9.78. The molecule has 0 bridgehead atoms. The van der Waals surface area contributed by atoms with E-state index in [1.165, 1.54) is 6.42 Å². The average molecular weight is 468 g/mol. The molecule has 0 spiro atoms. The van der Waals surface area contributed by atoms with Crippen LogP contribution in [0.5, 0.6) is 0 Å². The van der Waals surface area contributed by atoms with Crippen LogP contribution in [0, 0.1) is 5.92 Å². The van der Waals surface area contributed by atoms with E-state index in [0.717, 1.165) is 45.2 Å². The highest BCUT2D eigenvalue weighted by Crippen LogP contribution is 2.33. The van der Waals surface area contributed by atoms with E-state index < -0.39 is 6.10 Å². The largest absolute Gasteiger partial charge is 0.379 e. The van der Waals surface area contributed by atoms with Crippen LogP contribution in [-0.4, -0.2) is 112 Å². The number of nitrogens with one attached hydrogen (secondary N) is 2. The van der Waals surface area contributed by atoms with E-state index in [-0.39, 0.29) is 48.8 Å². The van der Waals surface area contributed by atoms with Crippen molar-refractivity contribution in [2.24, 2.45) is 11.7 Å². The highest BCUT2D eigenvalue weighted by atomic mass is 16.6. The fourth-order valence-corrected chi connectivity index (χ4v) is 6.42. The zero-order valence-corrected chi connectivity index (χ0v) is 20.0. The number of hydrogen-bond acceptors (Lipinski definition) is 9. The molecular formula is C23H41N5O5. The van der Waals surface area contributed by atoms with Gasteiger partial charge in [0.2, 0.25) is 0 Å². The number of methoxy groups -OCH3 is 2. The summed E-state index contributed by atoms with van der Waals surface area (Å²) < 4.78 is 23.5. The van der Waals surface area contributed by atoms with Gasteiger partial charge in [-0.05, 0) is 25.7 Å². The fourth-order valence-electron chi connectivity index (χ4n) is 6.42. The molecule has 33 heavy (non-hydrogen) atoms. The molecule has 2 aliphatic carbocycles. The Labute approximate surface area is 196 Å². The number of piperazine rings is 1. The fraction of sp³-hybridized carbons (Fsp3) is 0.957. The van der Waals surface area contributed by atoms with Crippen molar-refractivity contribution in [1.29, 1.82) is 0 Å². The first-order valence-electron chi connectivity index (χ1n) is 12.7. The van der Waals surface area contributed by atoms with E-state index >= 15 is 0 Å². The third-order valence-electron chi connectivity index (χ3n) is 8.42. The highest BCUT2D eigenvalue weighted by Gasteiger charge is 2.46. The van der Waals surface area contributed by atoms with E-state index in [9.17, 15) is 4.79 Å². The third-order valence-corrected chi connectivity index (χ3v) is 8.42. The minimum Gasteiger partial charge on any atom is -0.379 e. The van der Waals surface area contributed by atoms with Gasteiger partial charge in [0.25, 0.3) is 5.91 Å². The zero-order chi connectivity index (χ0) is 22.9. The maximum absolute atomic E-state index is 13.1. The SMILES string of the molecule is COC1CC2NC(N3CCN(C(=O)C4COC5CCCCC5O4)CC3)NC(N)C2CC1OC. The Morgan fingerprint density at radius 2 is 1.67 bits per heavy atom. The van der Waals surface area contributed by atoms with Gasteiger partial charge in [-0.2, -0.15) is 0 Å². The van der Waals surface area contributed by atoms with Gasteiger partial charge in [-0.1, -0.05) is 12.8 Å². The number of rotatable bonds is 4. The molecule has 3 aliphatic heterocycles. The lowest BCUT2D eigenvalue weighted by Crippen LogP contribution is -2.74. The van der Waals surface area contributed by atoms with Crippen LogP contribution < -0.4 is 16.4 Å². The molecule has 0 radical (unpaired) electrons. The molecule has 1 amide bonds. The summed E-state index contributed by atoms with van der Waals surface area (Å²) >= 11 is 0. The third kappa shape index (κ3) is 4.95. The van der Waals surface area contributed by atoms with Gasteiger partial charge < -0.3 is 29.6 Å². The van der Waals surface area contributed by atoms with E-state index in [0.29, 0.717) is 25.6 Å². The normalized spacial score (nSPS) is 44.7. The van der Waals surface area contributed by atoms with Crippen LogP contribution in [0.2, 0.25) is 0 Å². The molecule has 5 aliphatic rings. The number of hydrogen-bond donors (Lipinski definition) is 3. The molecule has 9 atom stereocenters. The predicted molar refractivity (Wildman–Crippen MR) is 121 cm³/mol. The van der Waals surface area contributed by atoms with E-state index in [1.54, 1.807) is 14.2 Å². The first-order valence-corrected chi connectivity index (χ1v) is 12.7. The molecule has 3 heterocycles. The minimum absolute atomic E-state index is 0.00707. The zero-order valence-electron chi connectivity index (χ0n) is 20.0. The summed E-state index contributed by atoms with van der Waals surface area (Å²) in [6.07, 6.45) is 5.99. The van der Waals surface area contributed by atoms with E-state index in [4.69, 9.17) is 24.7 Å². The first kappa shape index (κ1) is 23.9. The molecule has 0 aromatic rings. The van der Waals surface area contributed by atoms with Crippen LogP contribution in [0.4, 0.5) is 0 Å². The molecule has 3 saturated heterocycles. The summed E-state index contributed by atoms with van der Waals surface area (Å²) in [5.74, 6) is 0.369. The number of ether oxygens (including phenoxy) is 4. The number of carbonyl (C=O) groups excluding carboxylic acids is 1. The maximum atomic E-state index is 13.1. The lowest BCUT2D eigenvalue weighted by molar-refractivity contribution is -0.202. The van der Waals surface area contributed by atoms with E-state index in [2.05, 4.69) is 15.5 Å². The maximum Gasteiger partial charge on any atom is 0.254 e. The second-order valence-electron chi connectivity index (χ2n) is 10.2. The molecule has 2 saturated carbocycles. The van der Waals surface area contributed by atoms with E-state index in [1.807, 2.05) is 4.90 Å². The summed E-state index contributed by atoms with van der Waals surface area (Å²) in [6.45, 7) is 3.32. The van der Waals surface area contributed by atoms with Gasteiger partial charge in [-0.15, -0.1) is 0 Å². The van der Waals surface area contributed by atoms with Crippen molar-refractivity contribution in [3.63, 3.8) is 0 Å². The predicted octanol–water partition coefficient (Wildman–Crippen LogP) is -0.573. The van der Waals surface area contributed by atoms with Crippen LogP contribution in [0.3, 0.4) is 0 Å². The number of amides is 1. The van der Waals surface area contributed by atoms with Gasteiger partial charge >= 0.3 is 0 Å². The van der Waals surface area contributed by atoms with Crippen LogP contribution >= 0.6 is 0 Å². The number of carbonyl (C=O) groups is 1. The van der Waals surface area contributed by atoms with Crippen molar-refractivity contribution in [3.05, 3.63) is 0 Å². The van der Waals surface area contributed by atoms with Gasteiger partial charge in [0.15, 0.2) is 6.10 Å². The van der Waals surface area contributed by atoms with Crippen molar-refractivity contribution in [2.75, 3.05) is 47.0 Å². The van der Waals surface area contributed by atoms with Gasteiger partial charge in [0, 0.05) is 52.4 Å². The second kappa shape index (κ2) is 10.4. The topological polar surface area (TPSA) is 111 Å². The van der Waals surface area contributed by atoms with Crippen molar-refractivity contribution in [2.45, 2.75) is 87.5 Å². The molecule has 4 N–H and O–H groups in total. The standard InChI is InChI=1S/C23H41N5O5/c1-30-18-11-14-15(12-19(18)31-2)25-23(26-21(14)24)28-9-7-27(8-10-28)22(29)20-13-32-16-5-3-4-6-17(16)33-20/h14-21,23,25-26H,3-13,24H2,1-2H3. The van der Waals surface area contributed by atoms with Crippen LogP contribution in [-0.2, 0) is 23.7 Å². The average Bonchev–Trinajstić information content (AvgIpc) is 2.87. The summed E-state index contributed by atoms with van der Waals surface area (Å²) in [7, 11) is 3.50. The molecule has 0 aromatic carbocycles. The lowest BCUT2D eigenvalue weighted by Gasteiger charge is -2.51. The van der Waals surface area contributed by atoms with Crippen molar-refractivity contribution in [1.82, 2.24) is 20.4 Å². The quantitative estimate of drug-likeness (QED) is 0.500. The van der Waals surface area contributed by atoms with Crippen molar-refractivity contribution >= 4 is 5.91 Å². The molecule has 10 nitrogen and oxygen atoms in total. The molecule has 188 valence electrons. The summed E-state index contributed by atoms with van der Waals surface area (Å²) in [5.41, 5.74) is 6.55. The van der Waals surface area contributed by atoms with Crippen molar-refractivity contribution in [3.8, 4) is 0 Å². The molecular weight excluding hydrogens is 426 g/mol. The smallest absolute Gasteiger partial charge is 0.254 e. The van der Waals surface area contributed by atoms with Gasteiger partial charge in [0.05, 0.1) is 37.2 Å². The van der Waals surface area contributed by atoms with Gasteiger partial charge in [-0.25, -0.2) is 0 Å². The Kier molecular flexibility index (Phi) is 7.53. The molecule has 10 heteroatoms. The van der Waals surface area contributed by atoms with Crippen molar-refractivity contribution < 1.29 is 23.7 Å². The monoisotopic (exact) mass is 467 g/mol. The summed E-state index contributed by atoms with van der Waals surface area (Å²) in [5, 5.41) is 7.30. The number of fused-ring (bicyclic) bond motifs is 2. The van der Waals surface area contributed by atoms with Gasteiger partial charge in [-0.3, -0.25) is 20.3 Å². The first-order chi connectivity index (χ1) is 16.1. The molecule has 0 aromatic heterocycles. The van der Waals surface area contributed by atoms with Crippen LogP contribution in [0.25, 0.3) is 0 Å². The number of nitrogens with zero attached hydrogens (tertiary/aromatic N) is 2. The van der Waals surface area contributed by atoms with Gasteiger partial charge in [0.1, 0.15) is 6.29 Å². The van der Waals surface area contributed by atoms with Crippen LogP contribution in [0.1, 0.15) is 38.5 Å². The Bertz CT molecular complexity index is 678. The Balaban J connectivity index is 1.13. The molecule has 5 rings (SSSR count). The molecule has 9 unspecified atom stereocenters. The summed E-state index contributed by atoms with van der Waals surface area (Å²) in [4.78, 5) is 17.4. The Hall–Kier alpha value is -0.850. The Morgan fingerprint density at radius 1 is 0.970 bits per heavy atom. The summed E-state index contributed by atoms with van der Waals surface area (Å²) in [6, 6.07) is 0.276. The Morgan fingerprint density at radius 3 is 2.39 bits per heavy atom. The minimum atomic E-state index is -0.460.